The number of benzene rings is 1. The molecule has 1 spiro atoms. The maximum Gasteiger partial charge on any atom is 0.290 e. The lowest BCUT2D eigenvalue weighted by molar-refractivity contribution is -0.135. The number of para-hydroxylation sites is 1. The third kappa shape index (κ3) is 5.32. The number of carboxylic acid groups (broad SMARTS) is 1. The summed E-state index contributed by atoms with van der Waals surface area (Å²) in [6.45, 7) is 6.82. The Balaban J connectivity index is 0.000000941. The van der Waals surface area contributed by atoms with E-state index in [-0.39, 0.29) is 11.9 Å². The molecule has 1 atom stereocenters. The Hall–Kier alpha value is -2.48. The van der Waals surface area contributed by atoms with Crippen LogP contribution in [0.2, 0.25) is 0 Å². The summed E-state index contributed by atoms with van der Waals surface area (Å²) in [7, 11) is 3.25. The van der Waals surface area contributed by atoms with Gasteiger partial charge in [0.2, 0.25) is 11.7 Å². The van der Waals surface area contributed by atoms with Gasteiger partial charge in [-0.2, -0.15) is 0 Å². The van der Waals surface area contributed by atoms with Crippen molar-refractivity contribution in [2.75, 3.05) is 53.6 Å². The van der Waals surface area contributed by atoms with Crippen molar-refractivity contribution in [3.05, 3.63) is 18.2 Å². The molecule has 2 aliphatic heterocycles. The van der Waals surface area contributed by atoms with Crippen LogP contribution >= 0.6 is 0 Å². The van der Waals surface area contributed by atoms with E-state index in [0.717, 1.165) is 52.0 Å². The van der Waals surface area contributed by atoms with Gasteiger partial charge in [-0.15, -0.1) is 0 Å². The van der Waals surface area contributed by atoms with E-state index in [0.29, 0.717) is 29.8 Å². The molecule has 0 aromatic heterocycles. The van der Waals surface area contributed by atoms with Crippen molar-refractivity contribution in [3.63, 3.8) is 0 Å². The van der Waals surface area contributed by atoms with Gasteiger partial charge in [0.15, 0.2) is 11.5 Å². The quantitative estimate of drug-likeness (QED) is 0.659. The van der Waals surface area contributed by atoms with Gasteiger partial charge in [0.1, 0.15) is 6.61 Å². The summed E-state index contributed by atoms with van der Waals surface area (Å²) >= 11 is 0. The van der Waals surface area contributed by atoms with Crippen LogP contribution in [0.25, 0.3) is 0 Å². The summed E-state index contributed by atoms with van der Waals surface area (Å²) in [5.41, 5.74) is -0.155. The molecule has 0 bridgehead atoms. The molecule has 1 amide bonds. The lowest BCUT2D eigenvalue weighted by Crippen LogP contribution is -2.37. The third-order valence-corrected chi connectivity index (χ3v) is 5.56. The first-order valence-corrected chi connectivity index (χ1v) is 9.98. The maximum atomic E-state index is 12.8. The fourth-order valence-electron chi connectivity index (χ4n) is 4.14. The number of hydrogen-bond donors (Lipinski definition) is 1. The SMILES string of the molecule is CCCN1CCC2(CCN(CCOc3c(OC)cccc3OC)C2)C1=O.O=CO. The standard InChI is InChI=1S/C20H30N2O4.CH2O2/c1-4-10-22-12-9-20(19(22)23)8-11-21(15-20)13-14-26-18-16(24-2)6-5-7-17(18)25-3;2-1-3/h5-7H,4,8-15H2,1-3H3;1H,(H,2,3). The van der Waals surface area contributed by atoms with Crippen molar-refractivity contribution in [2.45, 2.75) is 26.2 Å². The largest absolute Gasteiger partial charge is 0.493 e. The summed E-state index contributed by atoms with van der Waals surface area (Å²) in [6.07, 6.45) is 2.98. The summed E-state index contributed by atoms with van der Waals surface area (Å²) in [5, 5.41) is 6.89. The highest BCUT2D eigenvalue weighted by Gasteiger charge is 2.50. The average molecular weight is 408 g/mol. The predicted molar refractivity (Wildman–Crippen MR) is 109 cm³/mol. The van der Waals surface area contributed by atoms with Gasteiger partial charge in [0.25, 0.3) is 6.47 Å². The molecule has 1 aromatic rings. The van der Waals surface area contributed by atoms with E-state index in [1.807, 2.05) is 23.1 Å². The predicted octanol–water partition coefficient (Wildman–Crippen LogP) is 2.12. The highest BCUT2D eigenvalue weighted by molar-refractivity contribution is 5.85. The fraction of sp³-hybridized carbons (Fsp3) is 0.619. The van der Waals surface area contributed by atoms with E-state index >= 15 is 0 Å². The molecule has 1 unspecified atom stereocenters. The molecular formula is C21H32N2O6. The van der Waals surface area contributed by atoms with Crippen LogP contribution in [0.3, 0.4) is 0 Å². The Morgan fingerprint density at radius 2 is 1.76 bits per heavy atom. The Morgan fingerprint density at radius 1 is 1.14 bits per heavy atom. The minimum atomic E-state index is -0.250. The first kappa shape index (κ1) is 22.8. The first-order chi connectivity index (χ1) is 14.0. The van der Waals surface area contributed by atoms with Gasteiger partial charge < -0.3 is 24.2 Å². The monoisotopic (exact) mass is 408 g/mol. The zero-order valence-electron chi connectivity index (χ0n) is 17.6. The molecule has 8 heteroatoms. The highest BCUT2D eigenvalue weighted by Crippen LogP contribution is 2.41. The molecule has 29 heavy (non-hydrogen) atoms. The van der Waals surface area contributed by atoms with Gasteiger partial charge in [0, 0.05) is 26.2 Å². The second kappa shape index (κ2) is 10.9. The molecule has 2 fully saturated rings. The lowest BCUT2D eigenvalue weighted by atomic mass is 9.85. The van der Waals surface area contributed by atoms with E-state index in [4.69, 9.17) is 24.1 Å². The minimum Gasteiger partial charge on any atom is -0.493 e. The molecule has 2 heterocycles. The molecule has 2 saturated heterocycles. The molecule has 3 rings (SSSR count). The molecule has 162 valence electrons. The Morgan fingerprint density at radius 3 is 2.34 bits per heavy atom. The first-order valence-electron chi connectivity index (χ1n) is 9.98. The second-order valence-electron chi connectivity index (χ2n) is 7.29. The Labute approximate surface area is 172 Å². The molecule has 2 aliphatic rings. The summed E-state index contributed by atoms with van der Waals surface area (Å²) in [5.74, 6) is 2.33. The van der Waals surface area contributed by atoms with E-state index in [9.17, 15) is 4.79 Å². The number of ether oxygens (including phenoxy) is 3. The van der Waals surface area contributed by atoms with Crippen LogP contribution in [0.1, 0.15) is 26.2 Å². The van der Waals surface area contributed by atoms with Crippen LogP contribution in [-0.4, -0.2) is 80.8 Å². The molecule has 8 nitrogen and oxygen atoms in total. The summed E-state index contributed by atoms with van der Waals surface area (Å²) in [4.78, 5) is 25.5. The van der Waals surface area contributed by atoms with Crippen LogP contribution in [-0.2, 0) is 9.59 Å². The van der Waals surface area contributed by atoms with Crippen LogP contribution in [0.5, 0.6) is 17.2 Å². The highest BCUT2D eigenvalue weighted by atomic mass is 16.5. The topological polar surface area (TPSA) is 88.5 Å². The second-order valence-corrected chi connectivity index (χ2v) is 7.29. The van der Waals surface area contributed by atoms with E-state index < -0.39 is 0 Å². The average Bonchev–Trinajstić information content (AvgIpc) is 3.28. The van der Waals surface area contributed by atoms with Gasteiger partial charge in [0.05, 0.1) is 19.6 Å². The number of amides is 1. The molecule has 1 aromatic carbocycles. The summed E-state index contributed by atoms with van der Waals surface area (Å²) in [6, 6.07) is 5.60. The number of nitrogens with zero attached hydrogens (tertiary/aromatic N) is 2. The fourth-order valence-corrected chi connectivity index (χ4v) is 4.14. The third-order valence-electron chi connectivity index (χ3n) is 5.56. The number of carbonyl (C=O) groups is 2. The van der Waals surface area contributed by atoms with Crippen LogP contribution in [0.15, 0.2) is 18.2 Å². The smallest absolute Gasteiger partial charge is 0.290 e. The van der Waals surface area contributed by atoms with Crippen LogP contribution in [0.4, 0.5) is 0 Å². The maximum absolute atomic E-state index is 12.8. The van der Waals surface area contributed by atoms with Crippen LogP contribution in [0, 0.1) is 5.41 Å². The van der Waals surface area contributed by atoms with Gasteiger partial charge in [-0.25, -0.2) is 0 Å². The summed E-state index contributed by atoms with van der Waals surface area (Å²) < 4.78 is 16.7. The zero-order chi connectivity index (χ0) is 21.3. The van der Waals surface area contributed by atoms with E-state index in [2.05, 4.69) is 11.8 Å². The van der Waals surface area contributed by atoms with Crippen molar-refractivity contribution in [1.29, 1.82) is 0 Å². The van der Waals surface area contributed by atoms with Gasteiger partial charge >= 0.3 is 0 Å². The zero-order valence-corrected chi connectivity index (χ0v) is 17.6. The Bertz CT molecular complexity index is 661. The molecule has 0 saturated carbocycles. The normalized spacial score (nSPS) is 21.1. The minimum absolute atomic E-state index is 0.155. The van der Waals surface area contributed by atoms with Crippen molar-refractivity contribution >= 4 is 12.4 Å². The lowest BCUT2D eigenvalue weighted by Gasteiger charge is -2.23. The molecular weight excluding hydrogens is 376 g/mol. The van der Waals surface area contributed by atoms with Crippen LogP contribution < -0.4 is 14.2 Å². The number of likely N-dealkylation sites (tertiary alicyclic amines) is 2. The van der Waals surface area contributed by atoms with Crippen molar-refractivity contribution in [2.24, 2.45) is 5.41 Å². The number of carbonyl (C=O) groups excluding carboxylic acids is 1. The van der Waals surface area contributed by atoms with Gasteiger partial charge in [-0.05, 0) is 37.9 Å². The molecule has 0 aliphatic carbocycles. The number of hydrogen-bond acceptors (Lipinski definition) is 6. The number of rotatable bonds is 8. The molecule has 0 radical (unpaired) electrons. The van der Waals surface area contributed by atoms with E-state index in [1.165, 1.54) is 0 Å². The number of methoxy groups -OCH3 is 2. The van der Waals surface area contributed by atoms with E-state index in [1.54, 1.807) is 14.2 Å². The van der Waals surface area contributed by atoms with Crippen molar-refractivity contribution < 1.29 is 28.9 Å². The van der Waals surface area contributed by atoms with Crippen molar-refractivity contribution in [1.82, 2.24) is 9.80 Å². The van der Waals surface area contributed by atoms with Gasteiger partial charge in [-0.3, -0.25) is 14.5 Å². The van der Waals surface area contributed by atoms with Gasteiger partial charge in [-0.1, -0.05) is 13.0 Å². The molecule has 1 N–H and O–H groups in total. The Kier molecular flexibility index (Phi) is 8.57. The van der Waals surface area contributed by atoms with Crippen molar-refractivity contribution in [3.8, 4) is 17.2 Å².